The summed E-state index contributed by atoms with van der Waals surface area (Å²) in [5.41, 5.74) is 3.00. The van der Waals surface area contributed by atoms with Crippen molar-refractivity contribution in [2.75, 3.05) is 0 Å². The topological polar surface area (TPSA) is 20.9 Å². The van der Waals surface area contributed by atoms with Gasteiger partial charge in [-0.1, -0.05) is 54.6 Å². The normalized spacial score (nSPS) is 9.96. The second kappa shape index (κ2) is 8.18. The van der Waals surface area contributed by atoms with E-state index >= 15 is 0 Å². The smallest absolute Gasteiger partial charge is 0.227 e. The van der Waals surface area contributed by atoms with Crippen LogP contribution in [-0.4, -0.2) is 5.78 Å². The van der Waals surface area contributed by atoms with E-state index in [4.69, 9.17) is 0 Å². The molecule has 0 spiro atoms. The van der Waals surface area contributed by atoms with Crippen LogP contribution in [0.5, 0.6) is 0 Å². The van der Waals surface area contributed by atoms with Crippen LogP contribution in [0.1, 0.15) is 10.4 Å². The number of benzene rings is 2. The minimum Gasteiger partial charge on any atom is -1.00 e. The molecule has 0 fully saturated rings. The number of halogens is 2. The number of rotatable bonds is 4. The Labute approximate surface area is 154 Å². The van der Waals surface area contributed by atoms with E-state index in [1.807, 2.05) is 71.6 Å². The molecule has 116 valence electrons. The molecular weight excluding hydrogens is 418 g/mol. The van der Waals surface area contributed by atoms with Gasteiger partial charge in [0.2, 0.25) is 12.3 Å². The Morgan fingerprint density at radius 3 is 2.17 bits per heavy atom. The molecule has 4 heteroatoms. The molecule has 3 aromatic rings. The molecule has 0 N–H and O–H groups in total. The van der Waals surface area contributed by atoms with Gasteiger partial charge in [-0.2, -0.15) is 4.57 Å². The zero-order chi connectivity index (χ0) is 15.4. The summed E-state index contributed by atoms with van der Waals surface area (Å²) < 4.78 is 2.83. The Morgan fingerprint density at radius 2 is 1.52 bits per heavy atom. The molecule has 0 amide bonds. The molecule has 2 aromatic carbocycles. The molecule has 2 nitrogen and oxygen atoms in total. The molecule has 0 saturated carbocycles. The second-order valence-electron chi connectivity index (χ2n) is 5.06. The average molecular weight is 433 g/mol. The van der Waals surface area contributed by atoms with E-state index in [0.29, 0.717) is 6.54 Å². The minimum absolute atomic E-state index is 0. The molecule has 1 heterocycles. The highest BCUT2D eigenvalue weighted by atomic mass is 79.9. The van der Waals surface area contributed by atoms with Gasteiger partial charge in [-0.25, -0.2) is 0 Å². The van der Waals surface area contributed by atoms with Crippen LogP contribution >= 0.6 is 15.9 Å². The van der Waals surface area contributed by atoms with Crippen molar-refractivity contribution in [3.63, 3.8) is 0 Å². The number of aromatic nitrogens is 1. The van der Waals surface area contributed by atoms with Gasteiger partial charge in [0, 0.05) is 11.6 Å². The fourth-order valence-electron chi connectivity index (χ4n) is 2.32. The summed E-state index contributed by atoms with van der Waals surface area (Å²) in [7, 11) is 0. The predicted molar refractivity (Wildman–Crippen MR) is 90.5 cm³/mol. The minimum atomic E-state index is 0. The largest absolute Gasteiger partial charge is 1.00 e. The van der Waals surface area contributed by atoms with Gasteiger partial charge in [-0.3, -0.25) is 4.79 Å². The van der Waals surface area contributed by atoms with Crippen molar-refractivity contribution in [2.45, 2.75) is 6.54 Å². The third-order valence-electron chi connectivity index (χ3n) is 3.46. The molecular formula is C19H15Br2NO. The number of Topliss-reactive ketones (excluding diaryl/α,β-unsaturated/α-hetero) is 1. The summed E-state index contributed by atoms with van der Waals surface area (Å²) in [6.07, 6.45) is 3.79. The van der Waals surface area contributed by atoms with E-state index in [1.54, 1.807) is 0 Å². The Morgan fingerprint density at radius 1 is 0.870 bits per heavy atom. The first-order chi connectivity index (χ1) is 10.7. The molecule has 0 radical (unpaired) electrons. The van der Waals surface area contributed by atoms with Gasteiger partial charge in [-0.05, 0) is 33.1 Å². The number of nitrogens with zero attached hydrogens (tertiary/aromatic N) is 1. The van der Waals surface area contributed by atoms with Crippen molar-refractivity contribution in [2.24, 2.45) is 0 Å². The molecule has 23 heavy (non-hydrogen) atoms. The lowest BCUT2D eigenvalue weighted by molar-refractivity contribution is -0.683. The molecule has 0 aliphatic heterocycles. The van der Waals surface area contributed by atoms with Gasteiger partial charge in [0.05, 0.1) is 4.47 Å². The lowest BCUT2D eigenvalue weighted by atomic mass is 10.0. The molecule has 0 aliphatic rings. The summed E-state index contributed by atoms with van der Waals surface area (Å²) >= 11 is 3.41. The summed E-state index contributed by atoms with van der Waals surface area (Å²) in [4.78, 5) is 12.3. The number of carbonyl (C=O) groups excluding carboxylic acids is 1. The summed E-state index contributed by atoms with van der Waals surface area (Å²) in [6.45, 7) is 0.337. The average Bonchev–Trinajstić information content (AvgIpc) is 2.56. The van der Waals surface area contributed by atoms with E-state index in [0.717, 1.165) is 21.2 Å². The lowest BCUT2D eigenvalue weighted by Gasteiger charge is -2.03. The molecule has 0 saturated heterocycles. The highest BCUT2D eigenvalue weighted by molar-refractivity contribution is 9.10. The van der Waals surface area contributed by atoms with Crippen LogP contribution in [0.25, 0.3) is 11.1 Å². The monoisotopic (exact) mass is 431 g/mol. The first kappa shape index (κ1) is 17.6. The highest BCUT2D eigenvalue weighted by Gasteiger charge is 2.12. The van der Waals surface area contributed by atoms with E-state index < -0.39 is 0 Å². The van der Waals surface area contributed by atoms with Crippen LogP contribution in [0.15, 0.2) is 83.6 Å². The van der Waals surface area contributed by atoms with Crippen LogP contribution in [-0.2, 0) is 6.54 Å². The van der Waals surface area contributed by atoms with E-state index in [1.165, 1.54) is 0 Å². The summed E-state index contributed by atoms with van der Waals surface area (Å²) in [5.74, 6) is 0.0997. The quantitative estimate of drug-likeness (QED) is 0.449. The van der Waals surface area contributed by atoms with Crippen molar-refractivity contribution < 1.29 is 26.3 Å². The fourth-order valence-corrected chi connectivity index (χ4v) is 2.74. The summed E-state index contributed by atoms with van der Waals surface area (Å²) in [6, 6.07) is 21.8. The molecule has 1 aromatic heterocycles. The zero-order valence-corrected chi connectivity index (χ0v) is 15.5. The van der Waals surface area contributed by atoms with Crippen molar-refractivity contribution in [3.8, 4) is 11.1 Å². The van der Waals surface area contributed by atoms with Gasteiger partial charge in [0.25, 0.3) is 0 Å². The van der Waals surface area contributed by atoms with Crippen LogP contribution < -0.4 is 21.5 Å². The lowest BCUT2D eigenvalue weighted by Crippen LogP contribution is -3.00. The molecule has 0 aliphatic carbocycles. The summed E-state index contributed by atoms with van der Waals surface area (Å²) in [5, 5.41) is 0. The first-order valence-corrected chi connectivity index (χ1v) is 7.85. The van der Waals surface area contributed by atoms with Crippen LogP contribution in [0.2, 0.25) is 0 Å². The van der Waals surface area contributed by atoms with Crippen LogP contribution in [0.4, 0.5) is 0 Å². The van der Waals surface area contributed by atoms with Crippen molar-refractivity contribution >= 4 is 21.7 Å². The number of hydrogen-bond acceptors (Lipinski definition) is 1. The highest BCUT2D eigenvalue weighted by Crippen LogP contribution is 2.19. The van der Waals surface area contributed by atoms with Crippen LogP contribution in [0, 0.1) is 0 Å². The number of hydrogen-bond donors (Lipinski definition) is 0. The van der Waals surface area contributed by atoms with Crippen molar-refractivity contribution in [3.05, 3.63) is 89.2 Å². The van der Waals surface area contributed by atoms with E-state index in [2.05, 4.69) is 28.1 Å². The van der Waals surface area contributed by atoms with Crippen LogP contribution in [0.3, 0.4) is 0 Å². The fraction of sp³-hybridized carbons (Fsp3) is 0.0526. The molecule has 0 unspecified atom stereocenters. The predicted octanol–water partition coefficient (Wildman–Crippen LogP) is 1.29. The van der Waals surface area contributed by atoms with Crippen molar-refractivity contribution in [1.29, 1.82) is 0 Å². The van der Waals surface area contributed by atoms with Gasteiger partial charge >= 0.3 is 0 Å². The second-order valence-corrected chi connectivity index (χ2v) is 5.98. The van der Waals surface area contributed by atoms with E-state index in [-0.39, 0.29) is 22.8 Å². The Hall–Kier alpha value is -1.78. The SMILES string of the molecule is O=C(C[n+]1cccc(Br)c1)c1ccc(-c2ccccc2)cc1.[Br-]. The van der Waals surface area contributed by atoms with Gasteiger partial charge in [0.1, 0.15) is 0 Å². The number of carbonyl (C=O) groups is 1. The standard InChI is InChI=1S/C19H15BrNO.BrH/c20-18-7-4-12-21(13-18)14-19(22)17-10-8-16(9-11-17)15-5-2-1-3-6-15;/h1-13H,14H2;1H/q+1;/p-1. The molecule has 0 bridgehead atoms. The first-order valence-electron chi connectivity index (χ1n) is 7.06. The van der Waals surface area contributed by atoms with Crippen molar-refractivity contribution in [1.82, 2.24) is 0 Å². The van der Waals surface area contributed by atoms with Gasteiger partial charge in [-0.15, -0.1) is 0 Å². The third kappa shape index (κ3) is 4.60. The Balaban J connectivity index is 0.00000192. The third-order valence-corrected chi connectivity index (χ3v) is 3.93. The van der Waals surface area contributed by atoms with E-state index in [9.17, 15) is 4.79 Å². The maximum absolute atomic E-state index is 12.3. The van der Waals surface area contributed by atoms with Gasteiger partial charge in [0.15, 0.2) is 12.4 Å². The molecule has 0 atom stereocenters. The zero-order valence-electron chi connectivity index (χ0n) is 12.3. The maximum atomic E-state index is 12.3. The number of pyridine rings is 1. The Bertz CT molecular complexity index is 786. The molecule has 3 rings (SSSR count). The number of ketones is 1. The maximum Gasteiger partial charge on any atom is 0.227 e. The Kier molecular flexibility index (Phi) is 6.25. The van der Waals surface area contributed by atoms with Gasteiger partial charge < -0.3 is 17.0 Å².